The van der Waals surface area contributed by atoms with Gasteiger partial charge in [-0.3, -0.25) is 10.1 Å². The lowest BCUT2D eigenvalue weighted by atomic mass is 9.92. The van der Waals surface area contributed by atoms with E-state index >= 15 is 0 Å². The van der Waals surface area contributed by atoms with Gasteiger partial charge in [-0.15, -0.1) is 0 Å². The third kappa shape index (κ3) is 5.23. The number of hydrogen-bond donors (Lipinski definition) is 4. The Labute approximate surface area is 286 Å². The second kappa shape index (κ2) is 12.3. The Hall–Kier alpha value is -4.25. The van der Waals surface area contributed by atoms with Crippen LogP contribution in [0, 0.1) is 11.8 Å². The third-order valence-electron chi connectivity index (χ3n) is 11.5. The van der Waals surface area contributed by atoms with Crippen molar-refractivity contribution in [2.75, 3.05) is 20.4 Å². The number of amides is 1. The van der Waals surface area contributed by atoms with Gasteiger partial charge in [-0.25, -0.2) is 9.97 Å². The molecule has 2 aromatic heterocycles. The van der Waals surface area contributed by atoms with E-state index in [1.54, 1.807) is 7.11 Å². The summed E-state index contributed by atoms with van der Waals surface area (Å²) in [5.41, 5.74) is 7.52. The minimum absolute atomic E-state index is 0.0776. The molecule has 5 heterocycles. The molecule has 49 heavy (non-hydrogen) atoms. The number of hydrogen-bond acceptors (Lipinski definition) is 7. The molecule has 2 saturated heterocycles. The van der Waals surface area contributed by atoms with E-state index in [1.807, 2.05) is 6.20 Å². The fraction of sp³-hybridized carbons (Fsp3) is 0.462. The number of ether oxygens (including phenoxy) is 2. The maximum atomic E-state index is 14.2. The highest BCUT2D eigenvalue weighted by molar-refractivity contribution is 6.07. The first kappa shape index (κ1) is 30.8. The number of carbonyl (C=O) groups excluding carboxylic acids is 1. The molecular formula is C39H45N7O3. The quantitative estimate of drug-likeness (QED) is 0.136. The highest BCUT2D eigenvalue weighted by Crippen LogP contribution is 2.48. The Morgan fingerprint density at radius 2 is 1.98 bits per heavy atom. The molecule has 5 aromatic rings. The molecular weight excluding hydrogens is 614 g/mol. The average molecular weight is 660 g/mol. The molecule has 10 nitrogen and oxygen atoms in total. The van der Waals surface area contributed by atoms with Crippen LogP contribution in [0.4, 0.5) is 0 Å². The van der Waals surface area contributed by atoms with E-state index < -0.39 is 0 Å². The highest BCUT2D eigenvalue weighted by atomic mass is 16.5. The number of imidazole rings is 2. The van der Waals surface area contributed by atoms with Gasteiger partial charge in [-0.1, -0.05) is 38.5 Å². The maximum absolute atomic E-state index is 14.2. The van der Waals surface area contributed by atoms with Gasteiger partial charge in [0.2, 0.25) is 5.91 Å². The molecule has 1 aliphatic carbocycles. The van der Waals surface area contributed by atoms with Crippen molar-refractivity contribution < 1.29 is 14.3 Å². The lowest BCUT2D eigenvalue weighted by molar-refractivity contribution is -0.138. The van der Waals surface area contributed by atoms with Crippen LogP contribution in [0.15, 0.2) is 48.7 Å². The molecule has 0 bridgehead atoms. The summed E-state index contributed by atoms with van der Waals surface area (Å²) in [6.07, 6.45) is 8.58. The molecule has 1 saturated carbocycles. The number of H-pyrrole nitrogens is 2. The first-order chi connectivity index (χ1) is 24.0. The standard InChI is InChI=1S/C39H45N7O3/c1-21(2)35(42-20-48-3)39(47)46-32-8-4-6-24(32)16-33(46)38-43-29-12-10-22-15-28-26-11-9-23(31-18-41-37(44-31)30-7-5-13-40-30)14-25(26)19-49-34(28)17-27(22)36(29)45-38/h9-12,14-15,17-18,21,24,30,32-33,35,40,42H,4-8,13,16,19-20H2,1-3H3,(H,41,44)(H,43,45). The van der Waals surface area contributed by atoms with E-state index in [1.165, 1.54) is 30.4 Å². The predicted octanol–water partition coefficient (Wildman–Crippen LogP) is 6.75. The van der Waals surface area contributed by atoms with Crippen LogP contribution < -0.4 is 15.4 Å². The zero-order chi connectivity index (χ0) is 33.2. The Kier molecular flexibility index (Phi) is 7.70. The fourth-order valence-corrected chi connectivity index (χ4v) is 9.00. The van der Waals surface area contributed by atoms with Gasteiger partial charge in [-0.05, 0) is 96.8 Å². The van der Waals surface area contributed by atoms with Gasteiger partial charge in [0.15, 0.2) is 0 Å². The van der Waals surface area contributed by atoms with E-state index in [4.69, 9.17) is 14.5 Å². The predicted molar refractivity (Wildman–Crippen MR) is 190 cm³/mol. The molecule has 0 radical (unpaired) electrons. The molecule has 3 aliphatic heterocycles. The first-order valence-corrected chi connectivity index (χ1v) is 18.0. The molecule has 3 fully saturated rings. The normalized spacial score (nSPS) is 23.6. The number of rotatable bonds is 8. The minimum Gasteiger partial charge on any atom is -0.488 e. The van der Waals surface area contributed by atoms with Gasteiger partial charge in [0.05, 0.1) is 47.8 Å². The number of likely N-dealkylation sites (tertiary alicyclic amines) is 1. The molecule has 9 rings (SSSR count). The molecule has 3 aromatic carbocycles. The second-order valence-corrected chi connectivity index (χ2v) is 14.8. The van der Waals surface area contributed by atoms with Gasteiger partial charge in [0.1, 0.15) is 24.0 Å². The highest BCUT2D eigenvalue weighted by Gasteiger charge is 2.49. The Bertz CT molecular complexity index is 2040. The number of aromatic nitrogens is 4. The van der Waals surface area contributed by atoms with Crippen LogP contribution in [0.2, 0.25) is 0 Å². The van der Waals surface area contributed by atoms with Crippen LogP contribution in [-0.4, -0.2) is 63.2 Å². The van der Waals surface area contributed by atoms with Crippen molar-refractivity contribution in [2.45, 2.75) is 83.1 Å². The zero-order valence-electron chi connectivity index (χ0n) is 28.5. The minimum atomic E-state index is -0.305. The Balaban J connectivity index is 1.04. The van der Waals surface area contributed by atoms with Crippen LogP contribution in [0.1, 0.15) is 81.7 Å². The van der Waals surface area contributed by atoms with Crippen molar-refractivity contribution in [3.63, 3.8) is 0 Å². The van der Waals surface area contributed by atoms with E-state index in [0.29, 0.717) is 25.3 Å². The van der Waals surface area contributed by atoms with Crippen LogP contribution in [-0.2, 0) is 16.1 Å². The lowest BCUT2D eigenvalue weighted by Gasteiger charge is -2.34. The maximum Gasteiger partial charge on any atom is 0.240 e. The number of methoxy groups -OCH3 is 1. The van der Waals surface area contributed by atoms with Crippen molar-refractivity contribution in [3.8, 4) is 28.1 Å². The first-order valence-electron chi connectivity index (χ1n) is 18.0. The van der Waals surface area contributed by atoms with Gasteiger partial charge in [0, 0.05) is 24.1 Å². The monoisotopic (exact) mass is 659 g/mol. The Morgan fingerprint density at radius 1 is 1.06 bits per heavy atom. The van der Waals surface area contributed by atoms with Gasteiger partial charge < -0.3 is 29.7 Å². The van der Waals surface area contributed by atoms with Gasteiger partial charge in [-0.2, -0.15) is 0 Å². The SMILES string of the molecule is COCNC(C(=O)N1C(c2nc3c(ccc4cc5c(cc43)OCc3cc(-c4cnc(C6CCCN6)[nH]4)ccc3-5)[nH]2)CC2CCCC21)C(C)C. The molecule has 4 N–H and O–H groups in total. The Morgan fingerprint density at radius 3 is 2.82 bits per heavy atom. The van der Waals surface area contributed by atoms with Crippen LogP contribution >= 0.6 is 0 Å². The summed E-state index contributed by atoms with van der Waals surface area (Å²) in [6.45, 7) is 6.09. The molecule has 10 heteroatoms. The summed E-state index contributed by atoms with van der Waals surface area (Å²) in [5, 5.41) is 9.04. The van der Waals surface area contributed by atoms with Crippen molar-refractivity contribution in [1.82, 2.24) is 35.5 Å². The second-order valence-electron chi connectivity index (χ2n) is 14.8. The number of benzene rings is 3. The summed E-state index contributed by atoms with van der Waals surface area (Å²) < 4.78 is 11.7. The summed E-state index contributed by atoms with van der Waals surface area (Å²) >= 11 is 0. The van der Waals surface area contributed by atoms with Crippen molar-refractivity contribution in [2.24, 2.45) is 11.8 Å². The van der Waals surface area contributed by atoms with Crippen molar-refractivity contribution >= 4 is 27.7 Å². The number of fused-ring (bicyclic) bond motifs is 7. The fourth-order valence-electron chi connectivity index (χ4n) is 9.00. The summed E-state index contributed by atoms with van der Waals surface area (Å²) in [7, 11) is 1.66. The van der Waals surface area contributed by atoms with E-state index in [-0.39, 0.29) is 30.0 Å². The van der Waals surface area contributed by atoms with E-state index in [0.717, 1.165) is 81.8 Å². The molecule has 1 amide bonds. The summed E-state index contributed by atoms with van der Waals surface area (Å²) in [5.74, 6) is 3.57. The number of carbonyl (C=O) groups is 1. The van der Waals surface area contributed by atoms with E-state index in [2.05, 4.69) is 86.8 Å². The van der Waals surface area contributed by atoms with Gasteiger partial charge in [0.25, 0.3) is 0 Å². The molecule has 254 valence electrons. The summed E-state index contributed by atoms with van der Waals surface area (Å²) in [4.78, 5) is 33.5. The van der Waals surface area contributed by atoms with Crippen molar-refractivity contribution in [1.29, 1.82) is 0 Å². The van der Waals surface area contributed by atoms with Crippen molar-refractivity contribution in [3.05, 3.63) is 65.9 Å². The number of aromatic amines is 2. The number of nitrogens with zero attached hydrogens (tertiary/aromatic N) is 3. The van der Waals surface area contributed by atoms with Crippen LogP contribution in [0.3, 0.4) is 0 Å². The largest absolute Gasteiger partial charge is 0.488 e. The van der Waals surface area contributed by atoms with E-state index in [9.17, 15) is 4.79 Å². The topological polar surface area (TPSA) is 120 Å². The zero-order valence-corrected chi connectivity index (χ0v) is 28.5. The third-order valence-corrected chi connectivity index (χ3v) is 11.5. The number of nitrogens with one attached hydrogen (secondary N) is 4. The summed E-state index contributed by atoms with van der Waals surface area (Å²) in [6, 6.07) is 15.5. The molecule has 5 unspecified atom stereocenters. The smallest absolute Gasteiger partial charge is 0.240 e. The molecule has 5 atom stereocenters. The molecule has 4 aliphatic rings. The van der Waals surface area contributed by atoms with Crippen LogP contribution in [0.25, 0.3) is 44.2 Å². The molecule has 0 spiro atoms. The van der Waals surface area contributed by atoms with Gasteiger partial charge >= 0.3 is 0 Å². The lowest BCUT2D eigenvalue weighted by Crippen LogP contribution is -2.52. The van der Waals surface area contributed by atoms with Crippen LogP contribution in [0.5, 0.6) is 5.75 Å². The average Bonchev–Trinajstić information content (AvgIpc) is 3.95.